The first-order valence-corrected chi connectivity index (χ1v) is 7.58. The van der Waals surface area contributed by atoms with Crippen LogP contribution in [0.4, 0.5) is 5.69 Å². The molecule has 0 radical (unpaired) electrons. The van der Waals surface area contributed by atoms with Gasteiger partial charge in [0.2, 0.25) is 0 Å². The van der Waals surface area contributed by atoms with Crippen molar-refractivity contribution in [2.45, 2.75) is 27.7 Å². The number of rotatable bonds is 3. The van der Waals surface area contributed by atoms with Gasteiger partial charge in [0.25, 0.3) is 0 Å². The van der Waals surface area contributed by atoms with Crippen LogP contribution in [0.25, 0.3) is 5.57 Å². The summed E-state index contributed by atoms with van der Waals surface area (Å²) in [4.78, 5) is 11.9. The molecule has 120 valence electrons. The number of nitrogens with two attached hydrogens (primary N) is 1. The molecule has 2 rings (SSSR count). The number of hydrogen-bond acceptors (Lipinski definition) is 3. The Hall–Kier alpha value is -2.55. The Morgan fingerprint density at radius 1 is 1.04 bits per heavy atom. The van der Waals surface area contributed by atoms with E-state index in [2.05, 4.69) is 6.92 Å². The van der Waals surface area contributed by atoms with Gasteiger partial charge in [-0.2, -0.15) is 0 Å². The quantitative estimate of drug-likeness (QED) is 0.527. The molecule has 23 heavy (non-hydrogen) atoms. The predicted molar refractivity (Wildman–Crippen MR) is 95.3 cm³/mol. The van der Waals surface area contributed by atoms with Crippen LogP contribution < -0.4 is 5.73 Å². The van der Waals surface area contributed by atoms with Crippen LogP contribution in [0.3, 0.4) is 0 Å². The summed E-state index contributed by atoms with van der Waals surface area (Å²) < 4.78 is 4.84. The standard InChI is InChI=1S/C20H23NO2/c1-12-6-8-16(9-7-12)17(11-19(22)23-5)20-14(3)13(2)10-18(21)15(20)4/h6-11H,21H2,1-5H3/b17-11+. The number of ether oxygens (including phenoxy) is 1. The summed E-state index contributed by atoms with van der Waals surface area (Å²) in [6, 6.07) is 10.1. The van der Waals surface area contributed by atoms with E-state index in [4.69, 9.17) is 10.5 Å². The van der Waals surface area contributed by atoms with Gasteiger partial charge >= 0.3 is 5.97 Å². The fourth-order valence-corrected chi connectivity index (χ4v) is 2.69. The van der Waals surface area contributed by atoms with Crippen LogP contribution in [0.15, 0.2) is 36.4 Å². The molecule has 0 amide bonds. The van der Waals surface area contributed by atoms with Crippen LogP contribution in [-0.2, 0) is 9.53 Å². The lowest BCUT2D eigenvalue weighted by molar-refractivity contribution is -0.134. The van der Waals surface area contributed by atoms with Gasteiger partial charge in [-0.3, -0.25) is 0 Å². The van der Waals surface area contributed by atoms with Crippen LogP contribution in [-0.4, -0.2) is 13.1 Å². The van der Waals surface area contributed by atoms with Crippen molar-refractivity contribution < 1.29 is 9.53 Å². The maximum atomic E-state index is 11.9. The topological polar surface area (TPSA) is 52.3 Å². The zero-order valence-electron chi connectivity index (χ0n) is 14.4. The lowest BCUT2D eigenvalue weighted by Crippen LogP contribution is -2.05. The molecular weight excluding hydrogens is 286 g/mol. The predicted octanol–water partition coefficient (Wildman–Crippen LogP) is 4.11. The number of esters is 1. The fraction of sp³-hybridized carbons (Fsp3) is 0.250. The lowest BCUT2D eigenvalue weighted by Gasteiger charge is -2.18. The molecule has 0 bridgehead atoms. The molecule has 0 saturated heterocycles. The normalized spacial score (nSPS) is 11.4. The highest BCUT2D eigenvalue weighted by atomic mass is 16.5. The highest BCUT2D eigenvalue weighted by Crippen LogP contribution is 2.33. The number of benzene rings is 2. The van der Waals surface area contributed by atoms with Crippen molar-refractivity contribution in [1.29, 1.82) is 0 Å². The number of hydrogen-bond donors (Lipinski definition) is 1. The first-order chi connectivity index (χ1) is 10.8. The van der Waals surface area contributed by atoms with Crippen molar-refractivity contribution in [2.75, 3.05) is 12.8 Å². The Bertz CT molecular complexity index is 745. The van der Waals surface area contributed by atoms with E-state index in [-0.39, 0.29) is 5.97 Å². The van der Waals surface area contributed by atoms with Gasteiger partial charge in [-0.05, 0) is 67.2 Å². The van der Waals surface area contributed by atoms with Crippen molar-refractivity contribution in [3.8, 4) is 0 Å². The number of carbonyl (C=O) groups excluding carboxylic acids is 1. The smallest absolute Gasteiger partial charge is 0.331 e. The first-order valence-electron chi connectivity index (χ1n) is 7.58. The molecule has 0 spiro atoms. The van der Waals surface area contributed by atoms with E-state index >= 15 is 0 Å². The van der Waals surface area contributed by atoms with E-state index in [1.807, 2.05) is 51.1 Å². The summed E-state index contributed by atoms with van der Waals surface area (Å²) in [7, 11) is 1.38. The van der Waals surface area contributed by atoms with Gasteiger partial charge in [-0.1, -0.05) is 29.8 Å². The SMILES string of the molecule is COC(=O)/C=C(\c1ccc(C)cc1)c1c(C)c(C)cc(N)c1C. The largest absolute Gasteiger partial charge is 0.466 e. The van der Waals surface area contributed by atoms with Crippen molar-refractivity contribution in [3.63, 3.8) is 0 Å². The Kier molecular flexibility index (Phi) is 4.89. The molecule has 0 aliphatic carbocycles. The molecule has 0 aromatic heterocycles. The van der Waals surface area contributed by atoms with Crippen molar-refractivity contribution in [2.24, 2.45) is 0 Å². The highest BCUT2D eigenvalue weighted by molar-refractivity contribution is 5.98. The third-order valence-corrected chi connectivity index (χ3v) is 4.24. The van der Waals surface area contributed by atoms with Gasteiger partial charge in [0.1, 0.15) is 0 Å². The average Bonchev–Trinajstić information content (AvgIpc) is 2.53. The van der Waals surface area contributed by atoms with Crippen molar-refractivity contribution >= 4 is 17.2 Å². The molecule has 0 heterocycles. The van der Waals surface area contributed by atoms with Gasteiger partial charge in [-0.15, -0.1) is 0 Å². The Morgan fingerprint density at radius 3 is 2.22 bits per heavy atom. The Balaban J connectivity index is 2.76. The Morgan fingerprint density at radius 2 is 1.65 bits per heavy atom. The summed E-state index contributed by atoms with van der Waals surface area (Å²) in [6.45, 7) is 8.10. The number of aryl methyl sites for hydroxylation is 2. The van der Waals surface area contributed by atoms with E-state index in [0.29, 0.717) is 0 Å². The second kappa shape index (κ2) is 6.69. The summed E-state index contributed by atoms with van der Waals surface area (Å²) >= 11 is 0. The molecule has 0 aliphatic heterocycles. The minimum Gasteiger partial charge on any atom is -0.466 e. The molecule has 0 fully saturated rings. The van der Waals surface area contributed by atoms with Gasteiger partial charge in [0.05, 0.1) is 7.11 Å². The Labute approximate surface area is 137 Å². The highest BCUT2D eigenvalue weighted by Gasteiger charge is 2.16. The van der Waals surface area contributed by atoms with Crippen LogP contribution >= 0.6 is 0 Å². The van der Waals surface area contributed by atoms with E-state index < -0.39 is 0 Å². The fourth-order valence-electron chi connectivity index (χ4n) is 2.69. The summed E-state index contributed by atoms with van der Waals surface area (Å²) in [5.74, 6) is -0.376. The van der Waals surface area contributed by atoms with Crippen LogP contribution in [0, 0.1) is 27.7 Å². The average molecular weight is 309 g/mol. The molecule has 0 unspecified atom stereocenters. The van der Waals surface area contributed by atoms with Crippen LogP contribution in [0.1, 0.15) is 33.4 Å². The zero-order chi connectivity index (χ0) is 17.1. The van der Waals surface area contributed by atoms with Crippen molar-refractivity contribution in [1.82, 2.24) is 0 Å². The second-order valence-electron chi connectivity index (χ2n) is 5.85. The van der Waals surface area contributed by atoms with Crippen LogP contribution in [0.5, 0.6) is 0 Å². The van der Waals surface area contributed by atoms with Crippen molar-refractivity contribution in [3.05, 3.63) is 69.8 Å². The monoisotopic (exact) mass is 309 g/mol. The molecule has 0 aliphatic rings. The first kappa shape index (κ1) is 16.8. The lowest BCUT2D eigenvalue weighted by atomic mass is 9.87. The molecule has 2 N–H and O–H groups in total. The molecule has 2 aromatic carbocycles. The minimum absolute atomic E-state index is 0.376. The number of carbonyl (C=O) groups is 1. The zero-order valence-corrected chi connectivity index (χ0v) is 14.4. The molecule has 0 atom stereocenters. The second-order valence-corrected chi connectivity index (χ2v) is 5.85. The third-order valence-electron chi connectivity index (χ3n) is 4.24. The summed E-state index contributed by atoms with van der Waals surface area (Å²) in [6.07, 6.45) is 1.54. The maximum absolute atomic E-state index is 11.9. The molecule has 0 saturated carbocycles. The van der Waals surface area contributed by atoms with E-state index in [1.165, 1.54) is 12.7 Å². The molecule has 3 heteroatoms. The number of nitrogen functional groups attached to an aromatic ring is 1. The third kappa shape index (κ3) is 3.45. The van der Waals surface area contributed by atoms with Gasteiger partial charge in [-0.25, -0.2) is 4.79 Å². The van der Waals surface area contributed by atoms with Gasteiger partial charge in [0, 0.05) is 11.8 Å². The van der Waals surface area contributed by atoms with Gasteiger partial charge < -0.3 is 10.5 Å². The summed E-state index contributed by atoms with van der Waals surface area (Å²) in [5, 5.41) is 0. The van der Waals surface area contributed by atoms with E-state index in [9.17, 15) is 4.79 Å². The minimum atomic E-state index is -0.376. The molecule has 2 aromatic rings. The number of methoxy groups -OCH3 is 1. The summed E-state index contributed by atoms with van der Waals surface area (Å²) in [5.41, 5.74) is 14.0. The number of anilines is 1. The molecular formula is C20H23NO2. The van der Waals surface area contributed by atoms with Crippen LogP contribution in [0.2, 0.25) is 0 Å². The maximum Gasteiger partial charge on any atom is 0.331 e. The molecule has 3 nitrogen and oxygen atoms in total. The van der Waals surface area contributed by atoms with E-state index in [1.54, 1.807) is 6.08 Å². The van der Waals surface area contributed by atoms with E-state index in [0.717, 1.165) is 39.1 Å². The van der Waals surface area contributed by atoms with Gasteiger partial charge in [0.15, 0.2) is 0 Å².